The summed E-state index contributed by atoms with van der Waals surface area (Å²) in [6.45, 7) is 0.613. The van der Waals surface area contributed by atoms with Crippen LogP contribution in [0.1, 0.15) is 6.04 Å². The molecule has 0 saturated carbocycles. The second kappa shape index (κ2) is 6.81. The minimum absolute atomic E-state index is 0.0696. The van der Waals surface area contributed by atoms with E-state index in [-0.39, 0.29) is 17.7 Å². The molecule has 0 spiro atoms. The molecule has 6 nitrogen and oxygen atoms in total. The van der Waals surface area contributed by atoms with E-state index in [0.29, 0.717) is 24.6 Å². The summed E-state index contributed by atoms with van der Waals surface area (Å²) in [6.07, 6.45) is 3.20. The molecule has 9 heteroatoms. The molecule has 136 valence electrons. The molecule has 2 aromatic rings. The van der Waals surface area contributed by atoms with E-state index in [4.69, 9.17) is 4.74 Å². The van der Waals surface area contributed by atoms with Gasteiger partial charge in [0, 0.05) is 44.0 Å². The van der Waals surface area contributed by atoms with E-state index in [1.54, 1.807) is 10.8 Å². The maximum absolute atomic E-state index is 13.5. The average Bonchev–Trinajstić information content (AvgIpc) is 3.13. The molecule has 0 amide bonds. The third-order valence-electron chi connectivity index (χ3n) is 4.29. The van der Waals surface area contributed by atoms with Gasteiger partial charge in [-0.2, -0.15) is 0 Å². The zero-order chi connectivity index (χ0) is 18.2. The Balaban J connectivity index is 1.93. The lowest BCUT2D eigenvalue weighted by Gasteiger charge is -2.22. The van der Waals surface area contributed by atoms with Gasteiger partial charge in [0.15, 0.2) is 0 Å². The second-order valence-corrected chi connectivity index (χ2v) is 8.47. The lowest BCUT2D eigenvalue weighted by atomic mass is 10.1. The van der Waals surface area contributed by atoms with Crippen molar-refractivity contribution in [2.45, 2.75) is 6.04 Å². The first-order valence-electron chi connectivity index (χ1n) is 7.75. The predicted molar refractivity (Wildman–Crippen MR) is 88.4 cm³/mol. The molecule has 1 aromatic carbocycles. The maximum atomic E-state index is 13.5. The van der Waals surface area contributed by atoms with Gasteiger partial charge in [-0.1, -0.05) is 0 Å². The van der Waals surface area contributed by atoms with Crippen molar-refractivity contribution < 1.29 is 21.9 Å². The molecule has 0 unspecified atom stereocenters. The number of ether oxygens (including phenoxy) is 1. The zero-order valence-electron chi connectivity index (χ0n) is 13.9. The highest BCUT2D eigenvalue weighted by molar-refractivity contribution is 7.89. The van der Waals surface area contributed by atoms with Crippen LogP contribution in [0.25, 0.3) is 11.4 Å². The molecular formula is C16H19F2N3O3S. The van der Waals surface area contributed by atoms with E-state index in [0.717, 1.165) is 6.07 Å². The van der Waals surface area contributed by atoms with E-state index in [1.807, 2.05) is 0 Å². The van der Waals surface area contributed by atoms with Gasteiger partial charge in [-0.25, -0.2) is 26.5 Å². The Labute approximate surface area is 145 Å². The first-order valence-corrected chi connectivity index (χ1v) is 9.36. The van der Waals surface area contributed by atoms with E-state index >= 15 is 0 Å². The molecule has 0 aliphatic carbocycles. The van der Waals surface area contributed by atoms with Crippen molar-refractivity contribution in [2.24, 2.45) is 5.92 Å². The Hall–Kier alpha value is -1.84. The summed E-state index contributed by atoms with van der Waals surface area (Å²) < 4.78 is 59.8. The van der Waals surface area contributed by atoms with Crippen LogP contribution in [0.2, 0.25) is 0 Å². The second-order valence-electron chi connectivity index (χ2n) is 6.24. The number of halogens is 2. The van der Waals surface area contributed by atoms with Crippen LogP contribution in [-0.2, 0) is 14.8 Å². The lowest BCUT2D eigenvalue weighted by molar-refractivity contribution is 0.182. The van der Waals surface area contributed by atoms with Crippen molar-refractivity contribution >= 4 is 10.0 Å². The topological polar surface area (TPSA) is 64.4 Å². The van der Waals surface area contributed by atoms with Gasteiger partial charge in [-0.3, -0.25) is 0 Å². The summed E-state index contributed by atoms with van der Waals surface area (Å²) in [5.41, 5.74) is 0.295. The minimum atomic E-state index is -3.40. The van der Waals surface area contributed by atoms with Crippen molar-refractivity contribution in [3.8, 4) is 11.4 Å². The largest absolute Gasteiger partial charge is 0.379 e. The van der Waals surface area contributed by atoms with Crippen molar-refractivity contribution in [3.63, 3.8) is 0 Å². The van der Waals surface area contributed by atoms with Crippen molar-refractivity contribution in [2.75, 3.05) is 33.1 Å². The van der Waals surface area contributed by atoms with Crippen LogP contribution in [0, 0.1) is 17.6 Å². The maximum Gasteiger partial charge on any atom is 0.214 e. The standard InChI is InChI=1S/C16H19F2N3O3S/c1-20(2)25(22,23)10-12-8-24-9-15(12)21-4-3-19-16(21)11-5-13(17)7-14(18)6-11/h3-7,12,15H,8-10H2,1-2H3/t12-,15-/m1/s1. The van der Waals surface area contributed by atoms with Gasteiger partial charge in [0.25, 0.3) is 0 Å². The summed E-state index contributed by atoms with van der Waals surface area (Å²) in [7, 11) is -0.428. The lowest BCUT2D eigenvalue weighted by Crippen LogP contribution is -2.32. The Kier molecular flexibility index (Phi) is 4.90. The number of aromatic nitrogens is 2. The highest BCUT2D eigenvalue weighted by atomic mass is 32.2. The number of nitrogens with zero attached hydrogens (tertiary/aromatic N) is 3. The van der Waals surface area contributed by atoms with Gasteiger partial charge < -0.3 is 9.30 Å². The van der Waals surface area contributed by atoms with Crippen molar-refractivity contribution in [3.05, 3.63) is 42.2 Å². The van der Waals surface area contributed by atoms with Crippen LogP contribution in [0.5, 0.6) is 0 Å². The van der Waals surface area contributed by atoms with Crippen molar-refractivity contribution in [1.82, 2.24) is 13.9 Å². The number of sulfonamides is 1. The number of hydrogen-bond acceptors (Lipinski definition) is 4. The molecule has 2 heterocycles. The summed E-state index contributed by atoms with van der Waals surface area (Å²) in [5, 5.41) is 0. The molecule has 0 radical (unpaired) electrons. The number of benzene rings is 1. The molecular weight excluding hydrogens is 352 g/mol. The Morgan fingerprint density at radius 3 is 2.56 bits per heavy atom. The van der Waals surface area contributed by atoms with Crippen LogP contribution in [0.15, 0.2) is 30.6 Å². The fraction of sp³-hybridized carbons (Fsp3) is 0.438. The summed E-state index contributed by atoms with van der Waals surface area (Å²) >= 11 is 0. The molecule has 25 heavy (non-hydrogen) atoms. The van der Waals surface area contributed by atoms with Crippen LogP contribution in [-0.4, -0.2) is 55.3 Å². The quantitative estimate of drug-likeness (QED) is 0.805. The van der Waals surface area contributed by atoms with Gasteiger partial charge in [0.05, 0.1) is 25.0 Å². The monoisotopic (exact) mass is 371 g/mol. The number of hydrogen-bond donors (Lipinski definition) is 0. The van der Waals surface area contributed by atoms with Crippen LogP contribution in [0.4, 0.5) is 8.78 Å². The van der Waals surface area contributed by atoms with Crippen LogP contribution in [0.3, 0.4) is 0 Å². The molecule has 1 saturated heterocycles. The first kappa shape index (κ1) is 18.0. The van der Waals surface area contributed by atoms with Crippen LogP contribution < -0.4 is 0 Å². The van der Waals surface area contributed by atoms with Crippen LogP contribution >= 0.6 is 0 Å². The number of rotatable bonds is 5. The SMILES string of the molecule is CN(C)S(=O)(=O)C[C@H]1COC[C@H]1n1ccnc1-c1cc(F)cc(F)c1. The first-order chi connectivity index (χ1) is 11.8. The smallest absolute Gasteiger partial charge is 0.214 e. The zero-order valence-corrected chi connectivity index (χ0v) is 14.7. The molecule has 3 rings (SSSR count). The molecule has 1 aliphatic heterocycles. The Bertz CT molecular complexity index is 847. The van der Waals surface area contributed by atoms with Gasteiger partial charge in [-0.05, 0) is 12.1 Å². The summed E-state index contributed by atoms with van der Waals surface area (Å²) in [6, 6.07) is 2.91. The molecule has 1 aliphatic rings. The van der Waals surface area contributed by atoms with E-state index in [9.17, 15) is 17.2 Å². The highest BCUT2D eigenvalue weighted by Gasteiger charge is 2.35. The number of imidazole rings is 1. The average molecular weight is 371 g/mol. The third kappa shape index (κ3) is 3.73. The summed E-state index contributed by atoms with van der Waals surface area (Å²) in [5.74, 6) is -1.36. The highest BCUT2D eigenvalue weighted by Crippen LogP contribution is 2.32. The molecule has 0 N–H and O–H groups in total. The molecule has 2 atom stereocenters. The van der Waals surface area contributed by atoms with E-state index < -0.39 is 21.7 Å². The third-order valence-corrected chi connectivity index (χ3v) is 6.25. The normalized spacial score (nSPS) is 21.2. The molecule has 0 bridgehead atoms. The Morgan fingerprint density at radius 2 is 1.92 bits per heavy atom. The summed E-state index contributed by atoms with van der Waals surface area (Å²) in [4.78, 5) is 4.19. The molecule has 1 fully saturated rings. The minimum Gasteiger partial charge on any atom is -0.379 e. The Morgan fingerprint density at radius 1 is 1.24 bits per heavy atom. The predicted octanol–water partition coefficient (Wildman–Crippen LogP) is 1.91. The fourth-order valence-corrected chi connectivity index (χ4v) is 4.12. The van der Waals surface area contributed by atoms with E-state index in [2.05, 4.69) is 4.98 Å². The van der Waals surface area contributed by atoms with Gasteiger partial charge in [0.2, 0.25) is 10.0 Å². The van der Waals surface area contributed by atoms with Gasteiger partial charge in [-0.15, -0.1) is 0 Å². The molecule has 1 aromatic heterocycles. The van der Waals surface area contributed by atoms with Crippen molar-refractivity contribution in [1.29, 1.82) is 0 Å². The van der Waals surface area contributed by atoms with Gasteiger partial charge in [0.1, 0.15) is 17.5 Å². The van der Waals surface area contributed by atoms with E-state index in [1.165, 1.54) is 36.7 Å². The fourth-order valence-electron chi connectivity index (χ4n) is 2.96. The van der Waals surface area contributed by atoms with Gasteiger partial charge >= 0.3 is 0 Å².